The van der Waals surface area contributed by atoms with Crippen LogP contribution >= 0.6 is 0 Å². The second-order valence-electron chi connectivity index (χ2n) is 6.62. The van der Waals surface area contributed by atoms with Crippen molar-refractivity contribution in [3.63, 3.8) is 0 Å². The molecule has 0 saturated carbocycles. The highest BCUT2D eigenvalue weighted by Crippen LogP contribution is 2.23. The number of hydrogen-bond donors (Lipinski definition) is 1. The van der Waals surface area contributed by atoms with Crippen molar-refractivity contribution >= 4 is 21.6 Å². The number of nitrogens with zero attached hydrogens (tertiary/aromatic N) is 4. The molecule has 0 bridgehead atoms. The highest BCUT2D eigenvalue weighted by molar-refractivity contribution is 7.91. The van der Waals surface area contributed by atoms with Crippen molar-refractivity contribution in [1.82, 2.24) is 14.9 Å². The quantitative estimate of drug-likeness (QED) is 0.701. The Morgan fingerprint density at radius 1 is 1.33 bits per heavy atom. The van der Waals surface area contributed by atoms with Crippen LogP contribution in [0.15, 0.2) is 6.07 Å². The molecule has 0 aliphatic carbocycles. The SMILES string of the molecule is CCN(c1nc(C)cc(NCCCN(C)C)n1)C1CCS(=O)(=O)C1. The van der Waals surface area contributed by atoms with Gasteiger partial charge in [-0.25, -0.2) is 13.4 Å². The van der Waals surface area contributed by atoms with Crippen LogP contribution in [-0.4, -0.2) is 74.6 Å². The zero-order valence-corrected chi connectivity index (χ0v) is 15.9. The summed E-state index contributed by atoms with van der Waals surface area (Å²) in [6, 6.07) is 1.90. The van der Waals surface area contributed by atoms with E-state index < -0.39 is 9.84 Å². The van der Waals surface area contributed by atoms with E-state index in [1.54, 1.807) is 0 Å². The Hall–Kier alpha value is -1.41. The van der Waals surface area contributed by atoms with Gasteiger partial charge in [0.2, 0.25) is 5.95 Å². The Bertz CT molecular complexity index is 648. The van der Waals surface area contributed by atoms with Gasteiger partial charge in [0.1, 0.15) is 5.82 Å². The van der Waals surface area contributed by atoms with E-state index in [1.165, 1.54) is 0 Å². The van der Waals surface area contributed by atoms with Crippen molar-refractivity contribution in [2.45, 2.75) is 32.7 Å². The third-order valence-electron chi connectivity index (χ3n) is 4.18. The molecule has 8 heteroatoms. The van der Waals surface area contributed by atoms with E-state index in [-0.39, 0.29) is 17.5 Å². The largest absolute Gasteiger partial charge is 0.370 e. The molecular weight excluding hydrogens is 326 g/mol. The standard InChI is InChI=1S/C16H29N5O2S/c1-5-21(14-7-10-24(22,23)12-14)16-18-13(2)11-15(19-16)17-8-6-9-20(3)4/h11,14H,5-10,12H2,1-4H3,(H,17,18,19). The van der Waals surface area contributed by atoms with Crippen molar-refractivity contribution < 1.29 is 8.42 Å². The maximum Gasteiger partial charge on any atom is 0.227 e. The number of sulfone groups is 1. The molecule has 2 rings (SSSR count). The first-order chi connectivity index (χ1) is 11.3. The van der Waals surface area contributed by atoms with Gasteiger partial charge in [0.15, 0.2) is 9.84 Å². The summed E-state index contributed by atoms with van der Waals surface area (Å²) in [6.07, 6.45) is 1.68. The monoisotopic (exact) mass is 355 g/mol. The summed E-state index contributed by atoms with van der Waals surface area (Å²) in [6.45, 7) is 6.52. The average molecular weight is 356 g/mol. The number of hydrogen-bond acceptors (Lipinski definition) is 7. The molecule has 1 fully saturated rings. The minimum atomic E-state index is -2.92. The van der Waals surface area contributed by atoms with Gasteiger partial charge in [-0.1, -0.05) is 0 Å². The van der Waals surface area contributed by atoms with Gasteiger partial charge >= 0.3 is 0 Å². The first-order valence-electron chi connectivity index (χ1n) is 8.52. The average Bonchev–Trinajstić information content (AvgIpc) is 2.84. The Morgan fingerprint density at radius 3 is 2.67 bits per heavy atom. The normalized spacial score (nSPS) is 19.6. The number of aryl methyl sites for hydroxylation is 1. The van der Waals surface area contributed by atoms with E-state index in [0.29, 0.717) is 18.9 Å². The fourth-order valence-corrected chi connectivity index (χ4v) is 4.70. The van der Waals surface area contributed by atoms with Crippen LogP contribution in [0, 0.1) is 6.92 Å². The summed E-state index contributed by atoms with van der Waals surface area (Å²) in [7, 11) is 1.19. The summed E-state index contributed by atoms with van der Waals surface area (Å²) in [5.74, 6) is 1.88. The molecule has 1 saturated heterocycles. The lowest BCUT2D eigenvalue weighted by molar-refractivity contribution is 0.405. The van der Waals surface area contributed by atoms with Crippen LogP contribution in [0.3, 0.4) is 0 Å². The first kappa shape index (κ1) is 18.9. The van der Waals surface area contributed by atoms with E-state index in [0.717, 1.165) is 31.0 Å². The third-order valence-corrected chi connectivity index (χ3v) is 5.93. The summed E-state index contributed by atoms with van der Waals surface area (Å²) in [5.41, 5.74) is 0.884. The minimum absolute atomic E-state index is 0.0246. The van der Waals surface area contributed by atoms with Gasteiger partial charge in [0.25, 0.3) is 0 Å². The van der Waals surface area contributed by atoms with E-state index in [4.69, 9.17) is 0 Å². The topological polar surface area (TPSA) is 78.4 Å². The molecule has 1 aromatic heterocycles. The predicted octanol–water partition coefficient (Wildman–Crippen LogP) is 1.16. The summed E-state index contributed by atoms with van der Waals surface area (Å²) < 4.78 is 23.5. The molecular formula is C16H29N5O2S. The summed E-state index contributed by atoms with van der Waals surface area (Å²) >= 11 is 0. The highest BCUT2D eigenvalue weighted by atomic mass is 32.2. The zero-order valence-electron chi connectivity index (χ0n) is 15.1. The van der Waals surface area contributed by atoms with E-state index in [9.17, 15) is 8.42 Å². The fraction of sp³-hybridized carbons (Fsp3) is 0.750. The van der Waals surface area contributed by atoms with Crippen molar-refractivity contribution in [3.05, 3.63) is 11.8 Å². The number of aromatic nitrogens is 2. The van der Waals surface area contributed by atoms with Gasteiger partial charge in [-0.05, 0) is 47.3 Å². The maximum atomic E-state index is 11.8. The second kappa shape index (κ2) is 8.11. The molecule has 0 spiro atoms. The van der Waals surface area contributed by atoms with Crippen LogP contribution < -0.4 is 10.2 Å². The molecule has 0 aromatic carbocycles. The molecule has 1 N–H and O–H groups in total. The van der Waals surface area contributed by atoms with Gasteiger partial charge in [-0.15, -0.1) is 0 Å². The van der Waals surface area contributed by atoms with Gasteiger partial charge in [-0.3, -0.25) is 0 Å². The van der Waals surface area contributed by atoms with Crippen molar-refractivity contribution in [2.24, 2.45) is 0 Å². The zero-order chi connectivity index (χ0) is 17.7. The first-order valence-corrected chi connectivity index (χ1v) is 10.3. The van der Waals surface area contributed by atoms with E-state index in [1.807, 2.05) is 24.8 Å². The number of rotatable bonds is 8. The minimum Gasteiger partial charge on any atom is -0.370 e. The predicted molar refractivity (Wildman–Crippen MR) is 98.5 cm³/mol. The lowest BCUT2D eigenvalue weighted by Gasteiger charge is -2.27. The molecule has 1 aliphatic heterocycles. The second-order valence-corrected chi connectivity index (χ2v) is 8.85. The van der Waals surface area contributed by atoms with Crippen LogP contribution in [0.2, 0.25) is 0 Å². The third kappa shape index (κ3) is 5.31. The van der Waals surface area contributed by atoms with Crippen LogP contribution in [0.5, 0.6) is 0 Å². The molecule has 1 atom stereocenters. The Balaban J connectivity index is 2.08. The summed E-state index contributed by atoms with van der Waals surface area (Å²) in [5, 5.41) is 3.34. The molecule has 2 heterocycles. The van der Waals surface area contributed by atoms with Gasteiger partial charge < -0.3 is 15.1 Å². The Labute approximate surface area is 145 Å². The highest BCUT2D eigenvalue weighted by Gasteiger charge is 2.33. The molecule has 0 amide bonds. The number of nitrogens with one attached hydrogen (secondary N) is 1. The Morgan fingerprint density at radius 2 is 2.08 bits per heavy atom. The van der Waals surface area contributed by atoms with Crippen LogP contribution in [0.1, 0.15) is 25.5 Å². The molecule has 1 unspecified atom stereocenters. The van der Waals surface area contributed by atoms with Gasteiger partial charge in [-0.2, -0.15) is 4.98 Å². The smallest absolute Gasteiger partial charge is 0.227 e. The molecule has 24 heavy (non-hydrogen) atoms. The lowest BCUT2D eigenvalue weighted by Crippen LogP contribution is -2.37. The van der Waals surface area contributed by atoms with Crippen LogP contribution in [0.4, 0.5) is 11.8 Å². The molecule has 1 aliphatic rings. The molecule has 7 nitrogen and oxygen atoms in total. The van der Waals surface area contributed by atoms with Crippen molar-refractivity contribution in [3.8, 4) is 0 Å². The maximum absolute atomic E-state index is 11.8. The lowest BCUT2D eigenvalue weighted by atomic mass is 10.2. The van der Waals surface area contributed by atoms with Crippen molar-refractivity contribution in [1.29, 1.82) is 0 Å². The van der Waals surface area contributed by atoms with E-state index >= 15 is 0 Å². The van der Waals surface area contributed by atoms with Crippen LogP contribution in [0.25, 0.3) is 0 Å². The number of anilines is 2. The fourth-order valence-electron chi connectivity index (χ4n) is 2.97. The van der Waals surface area contributed by atoms with E-state index in [2.05, 4.69) is 34.3 Å². The van der Waals surface area contributed by atoms with Crippen LogP contribution in [-0.2, 0) is 9.84 Å². The summed E-state index contributed by atoms with van der Waals surface area (Å²) in [4.78, 5) is 13.3. The Kier molecular flexibility index (Phi) is 6.40. The molecule has 1 aromatic rings. The van der Waals surface area contributed by atoms with Crippen molar-refractivity contribution in [2.75, 3.05) is 55.5 Å². The molecule has 0 radical (unpaired) electrons. The van der Waals surface area contributed by atoms with Gasteiger partial charge in [0.05, 0.1) is 11.5 Å². The molecule has 136 valence electrons. The van der Waals surface area contributed by atoms with Gasteiger partial charge in [0, 0.05) is 30.9 Å².